The van der Waals surface area contributed by atoms with Crippen molar-refractivity contribution >= 4 is 11.4 Å². The van der Waals surface area contributed by atoms with E-state index in [0.29, 0.717) is 0 Å². The molecule has 1 aromatic heterocycles. The van der Waals surface area contributed by atoms with Gasteiger partial charge in [0.2, 0.25) is 0 Å². The highest BCUT2D eigenvalue weighted by atomic mass is 16.5. The van der Waals surface area contributed by atoms with Crippen LogP contribution in [0, 0.1) is 20.8 Å². The molecule has 0 bridgehead atoms. The fourth-order valence-electron chi connectivity index (χ4n) is 5.15. The molecule has 5 heteroatoms. The molecule has 0 saturated carbocycles. The molecule has 0 fully saturated rings. The van der Waals surface area contributed by atoms with E-state index in [1.54, 1.807) is 0 Å². The summed E-state index contributed by atoms with van der Waals surface area (Å²) >= 11 is 0. The van der Waals surface area contributed by atoms with Gasteiger partial charge in [-0.3, -0.25) is 0 Å². The van der Waals surface area contributed by atoms with Gasteiger partial charge in [0, 0.05) is 47.7 Å². The molecule has 1 aliphatic rings. The molecule has 0 aliphatic carbocycles. The van der Waals surface area contributed by atoms with Crippen molar-refractivity contribution in [2.75, 3.05) is 16.5 Å². The van der Waals surface area contributed by atoms with Crippen molar-refractivity contribution < 1.29 is 4.74 Å². The van der Waals surface area contributed by atoms with Crippen LogP contribution >= 0.6 is 0 Å². The van der Waals surface area contributed by atoms with Crippen LogP contribution in [-0.2, 0) is 0 Å². The topological polar surface area (TPSA) is 33.5 Å². The van der Waals surface area contributed by atoms with Gasteiger partial charge in [-0.05, 0) is 61.7 Å². The molecule has 1 aliphatic heterocycles. The van der Waals surface area contributed by atoms with E-state index in [-0.39, 0.29) is 0 Å². The molecule has 0 atom stereocenters. The molecule has 0 radical (unpaired) electrons. The first-order valence-electron chi connectivity index (χ1n) is 12.8. The highest BCUT2D eigenvalue weighted by Crippen LogP contribution is 2.33. The van der Waals surface area contributed by atoms with E-state index in [1.165, 1.54) is 22.4 Å². The first-order valence-corrected chi connectivity index (χ1v) is 12.8. The van der Waals surface area contributed by atoms with Crippen LogP contribution in [0.2, 0.25) is 0 Å². The maximum Gasteiger partial charge on any atom is 0.129 e. The van der Waals surface area contributed by atoms with Gasteiger partial charge in [-0.15, -0.1) is 0 Å². The second-order valence-electron chi connectivity index (χ2n) is 9.76. The molecule has 6 rings (SSSR count). The number of hydrogen-bond donors (Lipinski definition) is 0. The Kier molecular flexibility index (Phi) is 6.18. The van der Waals surface area contributed by atoms with Gasteiger partial charge in [0.15, 0.2) is 0 Å². The zero-order chi connectivity index (χ0) is 26.1. The summed E-state index contributed by atoms with van der Waals surface area (Å²) in [6.45, 7) is 7.26. The molecule has 5 aromatic rings. The summed E-state index contributed by atoms with van der Waals surface area (Å²) in [4.78, 5) is 4.53. The minimum atomic E-state index is 0.757. The van der Waals surface area contributed by atoms with Crippen LogP contribution in [0.25, 0.3) is 16.8 Å². The lowest BCUT2D eigenvalue weighted by Gasteiger charge is -2.25. The monoisotopic (exact) mass is 498 g/mol. The minimum absolute atomic E-state index is 0.757. The minimum Gasteiger partial charge on any atom is -0.457 e. The lowest BCUT2D eigenvalue weighted by Crippen LogP contribution is -2.25. The Labute approximate surface area is 223 Å². The summed E-state index contributed by atoms with van der Waals surface area (Å²) in [5.41, 5.74) is 9.40. The molecule has 0 saturated heterocycles. The zero-order valence-electron chi connectivity index (χ0n) is 21.9. The van der Waals surface area contributed by atoms with Gasteiger partial charge in [-0.1, -0.05) is 60.2 Å². The summed E-state index contributed by atoms with van der Waals surface area (Å²) in [6.07, 6.45) is 8.20. The fraction of sp³-hybridized carbons (Fsp3) is 0.121. The number of aryl methyl sites for hydroxylation is 3. The molecule has 0 amide bonds. The standard InChI is InChI=1S/C33H30N4O/c1-24-17-25(2)33(26(3)18-24)36-16-15-35(23-36)29-11-7-13-31(19-29)38-32-14-8-12-30(20-32)37-22-28(21-34-37)27-9-5-4-6-10-27/h4-22H,23H2,1-3H3. The lowest BCUT2D eigenvalue weighted by atomic mass is 10.0. The van der Waals surface area contributed by atoms with E-state index in [0.717, 1.165) is 40.7 Å². The third-order valence-corrected chi connectivity index (χ3v) is 6.81. The third-order valence-electron chi connectivity index (χ3n) is 6.81. The molecule has 5 nitrogen and oxygen atoms in total. The molecule has 0 N–H and O–H groups in total. The molecule has 4 aromatic carbocycles. The molecule has 0 unspecified atom stereocenters. The Hall–Kier alpha value is -4.77. The van der Waals surface area contributed by atoms with E-state index in [1.807, 2.05) is 71.7 Å². The van der Waals surface area contributed by atoms with Crippen LogP contribution in [0.15, 0.2) is 116 Å². The average Bonchev–Trinajstić information content (AvgIpc) is 3.60. The zero-order valence-corrected chi connectivity index (χ0v) is 21.9. The first-order chi connectivity index (χ1) is 18.5. The van der Waals surface area contributed by atoms with Crippen molar-refractivity contribution in [2.45, 2.75) is 20.8 Å². The number of anilines is 2. The quantitative estimate of drug-likeness (QED) is 0.237. The second-order valence-corrected chi connectivity index (χ2v) is 9.76. The highest BCUT2D eigenvalue weighted by molar-refractivity contribution is 5.66. The van der Waals surface area contributed by atoms with Crippen LogP contribution in [0.5, 0.6) is 11.5 Å². The predicted molar refractivity (Wildman–Crippen MR) is 155 cm³/mol. The van der Waals surface area contributed by atoms with E-state index in [4.69, 9.17) is 4.74 Å². The van der Waals surface area contributed by atoms with Gasteiger partial charge in [-0.25, -0.2) is 4.68 Å². The summed E-state index contributed by atoms with van der Waals surface area (Å²) in [7, 11) is 0. The van der Waals surface area contributed by atoms with Gasteiger partial charge >= 0.3 is 0 Å². The fourth-order valence-corrected chi connectivity index (χ4v) is 5.15. The van der Waals surface area contributed by atoms with Crippen molar-refractivity contribution in [1.82, 2.24) is 9.78 Å². The summed E-state index contributed by atoms with van der Waals surface area (Å²) in [5, 5.41) is 4.57. The van der Waals surface area contributed by atoms with Crippen LogP contribution in [0.1, 0.15) is 16.7 Å². The number of aromatic nitrogens is 2. The van der Waals surface area contributed by atoms with Gasteiger partial charge in [0.1, 0.15) is 11.5 Å². The Bertz CT molecular complexity index is 1600. The summed E-state index contributed by atoms with van der Waals surface area (Å²) < 4.78 is 8.17. The average molecular weight is 499 g/mol. The smallest absolute Gasteiger partial charge is 0.129 e. The lowest BCUT2D eigenvalue weighted by molar-refractivity contribution is 0.482. The van der Waals surface area contributed by atoms with E-state index in [9.17, 15) is 0 Å². The van der Waals surface area contributed by atoms with Crippen molar-refractivity contribution in [3.63, 3.8) is 0 Å². The molecular weight excluding hydrogens is 468 g/mol. The largest absolute Gasteiger partial charge is 0.457 e. The van der Waals surface area contributed by atoms with Gasteiger partial charge in [-0.2, -0.15) is 5.10 Å². The maximum atomic E-state index is 6.29. The predicted octanol–water partition coefficient (Wildman–Crippen LogP) is 8.01. The van der Waals surface area contributed by atoms with Gasteiger partial charge in [0.25, 0.3) is 0 Å². The summed E-state index contributed by atoms with van der Waals surface area (Å²) in [6, 6.07) is 31.0. The van der Waals surface area contributed by atoms with Crippen molar-refractivity contribution in [3.05, 3.63) is 132 Å². The Balaban J connectivity index is 1.18. The van der Waals surface area contributed by atoms with E-state index < -0.39 is 0 Å². The Morgan fingerprint density at radius 2 is 1.32 bits per heavy atom. The van der Waals surface area contributed by atoms with Crippen LogP contribution in [0.3, 0.4) is 0 Å². The normalized spacial score (nSPS) is 12.8. The molecular formula is C33H30N4O. The van der Waals surface area contributed by atoms with Crippen LogP contribution in [0.4, 0.5) is 11.4 Å². The number of benzene rings is 4. The van der Waals surface area contributed by atoms with Crippen molar-refractivity contribution in [2.24, 2.45) is 0 Å². The van der Waals surface area contributed by atoms with Crippen LogP contribution < -0.4 is 14.5 Å². The number of rotatable bonds is 6. The second kappa shape index (κ2) is 9.94. The molecule has 0 spiro atoms. The Morgan fingerprint density at radius 3 is 2.05 bits per heavy atom. The van der Waals surface area contributed by atoms with Gasteiger partial charge in [0.05, 0.1) is 18.6 Å². The SMILES string of the molecule is Cc1cc(C)c(N2C=CN(c3cccc(Oc4cccc(-n5cc(-c6ccccc6)cn5)c4)c3)C2)c(C)c1. The highest BCUT2D eigenvalue weighted by Gasteiger charge is 2.19. The number of nitrogens with zero attached hydrogens (tertiary/aromatic N) is 4. The van der Waals surface area contributed by atoms with E-state index in [2.05, 4.69) is 84.5 Å². The molecule has 38 heavy (non-hydrogen) atoms. The molecule has 188 valence electrons. The van der Waals surface area contributed by atoms with E-state index >= 15 is 0 Å². The van der Waals surface area contributed by atoms with Crippen molar-refractivity contribution in [3.8, 4) is 28.3 Å². The number of hydrogen-bond acceptors (Lipinski definition) is 4. The molecule has 2 heterocycles. The van der Waals surface area contributed by atoms with Crippen LogP contribution in [-0.4, -0.2) is 16.4 Å². The summed E-state index contributed by atoms with van der Waals surface area (Å²) in [5.74, 6) is 1.56. The maximum absolute atomic E-state index is 6.29. The van der Waals surface area contributed by atoms with Crippen molar-refractivity contribution in [1.29, 1.82) is 0 Å². The number of ether oxygens (including phenoxy) is 1. The first kappa shape index (κ1) is 23.6. The Morgan fingerprint density at radius 1 is 0.658 bits per heavy atom. The third kappa shape index (κ3) is 4.78. The van der Waals surface area contributed by atoms with Gasteiger partial charge < -0.3 is 14.5 Å².